The SMILES string of the molecule is Cc1noc(C)c1COc1ccc(C(=O)O[C@H](C)C(=O)NC(=O)NC(C)C)cc1. The molecule has 3 amide bonds. The molecule has 1 aromatic carbocycles. The normalized spacial score (nSPS) is 11.7. The summed E-state index contributed by atoms with van der Waals surface area (Å²) in [5, 5.41) is 8.50. The van der Waals surface area contributed by atoms with Crippen LogP contribution in [-0.4, -0.2) is 35.2 Å². The number of aryl methyl sites for hydroxylation is 2. The van der Waals surface area contributed by atoms with Gasteiger partial charge in [0.1, 0.15) is 18.1 Å². The fraction of sp³-hybridized carbons (Fsp3) is 0.400. The van der Waals surface area contributed by atoms with Gasteiger partial charge in [-0.05, 0) is 58.9 Å². The molecule has 0 saturated carbocycles. The first kappa shape index (κ1) is 21.9. The Morgan fingerprint density at radius 3 is 2.31 bits per heavy atom. The molecule has 0 saturated heterocycles. The zero-order chi connectivity index (χ0) is 21.6. The molecule has 2 rings (SSSR count). The molecule has 29 heavy (non-hydrogen) atoms. The number of amides is 3. The first-order chi connectivity index (χ1) is 13.7. The summed E-state index contributed by atoms with van der Waals surface area (Å²) in [6.07, 6.45) is -1.13. The second-order valence-corrected chi connectivity index (χ2v) is 6.78. The first-order valence-electron chi connectivity index (χ1n) is 9.14. The second-order valence-electron chi connectivity index (χ2n) is 6.78. The van der Waals surface area contributed by atoms with E-state index < -0.39 is 24.0 Å². The van der Waals surface area contributed by atoms with Crippen LogP contribution in [0.25, 0.3) is 0 Å². The average Bonchev–Trinajstić information content (AvgIpc) is 2.97. The van der Waals surface area contributed by atoms with E-state index in [1.54, 1.807) is 26.0 Å². The predicted octanol–water partition coefficient (Wildman–Crippen LogP) is 2.65. The first-order valence-corrected chi connectivity index (χ1v) is 9.14. The van der Waals surface area contributed by atoms with Gasteiger partial charge < -0.3 is 19.3 Å². The van der Waals surface area contributed by atoms with Crippen LogP contribution in [0.2, 0.25) is 0 Å². The highest BCUT2D eigenvalue weighted by Gasteiger charge is 2.21. The van der Waals surface area contributed by atoms with Crippen LogP contribution in [-0.2, 0) is 16.1 Å². The lowest BCUT2D eigenvalue weighted by Crippen LogP contribution is -2.46. The molecule has 1 aromatic heterocycles. The van der Waals surface area contributed by atoms with Crippen LogP contribution in [0, 0.1) is 13.8 Å². The molecule has 9 heteroatoms. The Balaban J connectivity index is 1.88. The molecular formula is C20H25N3O6. The lowest BCUT2D eigenvalue weighted by Gasteiger charge is -2.14. The lowest BCUT2D eigenvalue weighted by molar-refractivity contribution is -0.127. The number of benzene rings is 1. The number of carbonyl (C=O) groups excluding carboxylic acids is 3. The van der Waals surface area contributed by atoms with Crippen molar-refractivity contribution in [2.24, 2.45) is 0 Å². The number of ether oxygens (including phenoxy) is 2. The highest BCUT2D eigenvalue weighted by Crippen LogP contribution is 2.18. The summed E-state index contributed by atoms with van der Waals surface area (Å²) < 4.78 is 15.9. The summed E-state index contributed by atoms with van der Waals surface area (Å²) in [5.74, 6) is -0.153. The molecule has 2 N–H and O–H groups in total. The molecule has 2 aromatic rings. The van der Waals surface area contributed by atoms with Crippen molar-refractivity contribution >= 4 is 17.9 Å². The Labute approximate surface area is 168 Å². The molecule has 0 radical (unpaired) electrons. The maximum absolute atomic E-state index is 12.2. The van der Waals surface area contributed by atoms with Crippen LogP contribution in [0.1, 0.15) is 48.1 Å². The maximum Gasteiger partial charge on any atom is 0.338 e. The van der Waals surface area contributed by atoms with E-state index in [2.05, 4.69) is 15.8 Å². The van der Waals surface area contributed by atoms with Gasteiger partial charge in [-0.25, -0.2) is 9.59 Å². The molecule has 1 atom stereocenters. The minimum absolute atomic E-state index is 0.126. The summed E-state index contributed by atoms with van der Waals surface area (Å²) >= 11 is 0. The van der Waals surface area contributed by atoms with E-state index >= 15 is 0 Å². The minimum atomic E-state index is -1.13. The number of hydrogen-bond donors (Lipinski definition) is 2. The number of aromatic nitrogens is 1. The molecule has 0 unspecified atom stereocenters. The zero-order valence-corrected chi connectivity index (χ0v) is 17.1. The summed E-state index contributed by atoms with van der Waals surface area (Å²) in [5.41, 5.74) is 1.88. The van der Waals surface area contributed by atoms with Crippen LogP contribution >= 0.6 is 0 Å². The average molecular weight is 403 g/mol. The number of nitrogens with zero attached hydrogens (tertiary/aromatic N) is 1. The number of nitrogens with one attached hydrogen (secondary N) is 2. The Bertz CT molecular complexity index is 853. The van der Waals surface area contributed by atoms with E-state index in [4.69, 9.17) is 14.0 Å². The number of hydrogen-bond acceptors (Lipinski definition) is 7. The zero-order valence-electron chi connectivity index (χ0n) is 17.1. The second kappa shape index (κ2) is 9.72. The van der Waals surface area contributed by atoms with E-state index in [0.29, 0.717) is 18.1 Å². The molecule has 9 nitrogen and oxygen atoms in total. The molecule has 0 aliphatic rings. The van der Waals surface area contributed by atoms with Gasteiger partial charge >= 0.3 is 12.0 Å². The maximum atomic E-state index is 12.2. The van der Waals surface area contributed by atoms with Crippen molar-refractivity contribution in [3.63, 3.8) is 0 Å². The van der Waals surface area contributed by atoms with E-state index in [1.807, 2.05) is 13.8 Å². The van der Waals surface area contributed by atoms with Crippen molar-refractivity contribution in [3.05, 3.63) is 46.8 Å². The van der Waals surface area contributed by atoms with Crippen molar-refractivity contribution in [2.45, 2.75) is 53.4 Å². The van der Waals surface area contributed by atoms with Crippen molar-refractivity contribution < 1.29 is 28.4 Å². The molecule has 1 heterocycles. The number of rotatable bonds is 7. The lowest BCUT2D eigenvalue weighted by atomic mass is 10.2. The summed E-state index contributed by atoms with van der Waals surface area (Å²) in [6.45, 7) is 8.84. The number of imide groups is 1. The van der Waals surface area contributed by atoms with Gasteiger partial charge in [-0.2, -0.15) is 0 Å². The van der Waals surface area contributed by atoms with Crippen molar-refractivity contribution in [1.82, 2.24) is 15.8 Å². The predicted molar refractivity (Wildman–Crippen MR) is 103 cm³/mol. The molecule has 0 bridgehead atoms. The molecular weight excluding hydrogens is 378 g/mol. The van der Waals surface area contributed by atoms with E-state index in [-0.39, 0.29) is 11.6 Å². The molecule has 0 aliphatic carbocycles. The fourth-order valence-electron chi connectivity index (χ4n) is 2.34. The minimum Gasteiger partial charge on any atom is -0.489 e. The molecule has 0 spiro atoms. The Morgan fingerprint density at radius 2 is 1.76 bits per heavy atom. The third kappa shape index (κ3) is 6.34. The van der Waals surface area contributed by atoms with E-state index in [1.165, 1.54) is 19.1 Å². The topological polar surface area (TPSA) is 120 Å². The van der Waals surface area contributed by atoms with Crippen LogP contribution in [0.3, 0.4) is 0 Å². The standard InChI is InChI=1S/C20H25N3O6/c1-11(2)21-20(26)22-18(24)14(5)28-19(25)15-6-8-16(9-7-15)27-10-17-12(3)23-29-13(17)4/h6-9,11,14H,10H2,1-5H3,(H2,21,22,24,26)/t14-/m1/s1. The number of carbonyl (C=O) groups is 3. The highest BCUT2D eigenvalue weighted by molar-refractivity contribution is 5.98. The van der Waals surface area contributed by atoms with Crippen molar-refractivity contribution in [3.8, 4) is 5.75 Å². The van der Waals surface area contributed by atoms with Gasteiger partial charge in [0.05, 0.1) is 16.8 Å². The largest absolute Gasteiger partial charge is 0.489 e. The Hall–Kier alpha value is -3.36. The van der Waals surface area contributed by atoms with Gasteiger partial charge in [0.25, 0.3) is 5.91 Å². The summed E-state index contributed by atoms with van der Waals surface area (Å²) in [7, 11) is 0. The van der Waals surface area contributed by atoms with Gasteiger partial charge in [-0.1, -0.05) is 5.16 Å². The number of esters is 1. The van der Waals surface area contributed by atoms with Gasteiger partial charge in [-0.15, -0.1) is 0 Å². The van der Waals surface area contributed by atoms with Crippen molar-refractivity contribution in [1.29, 1.82) is 0 Å². The van der Waals surface area contributed by atoms with Crippen LogP contribution < -0.4 is 15.4 Å². The molecule has 0 fully saturated rings. The van der Waals surface area contributed by atoms with E-state index in [0.717, 1.165) is 11.3 Å². The monoisotopic (exact) mass is 403 g/mol. The number of urea groups is 1. The quantitative estimate of drug-likeness (QED) is 0.682. The summed E-state index contributed by atoms with van der Waals surface area (Å²) in [6, 6.07) is 5.53. The molecule has 0 aliphatic heterocycles. The van der Waals surface area contributed by atoms with Crippen LogP contribution in [0.5, 0.6) is 5.75 Å². The van der Waals surface area contributed by atoms with Crippen LogP contribution in [0.15, 0.2) is 28.8 Å². The van der Waals surface area contributed by atoms with Crippen molar-refractivity contribution in [2.75, 3.05) is 0 Å². The van der Waals surface area contributed by atoms with Gasteiger partial charge in [-0.3, -0.25) is 10.1 Å². The van der Waals surface area contributed by atoms with Gasteiger partial charge in [0.15, 0.2) is 6.10 Å². The van der Waals surface area contributed by atoms with Crippen LogP contribution in [0.4, 0.5) is 4.79 Å². The fourth-order valence-corrected chi connectivity index (χ4v) is 2.34. The Kier molecular flexibility index (Phi) is 7.35. The third-order valence-electron chi connectivity index (χ3n) is 3.96. The van der Waals surface area contributed by atoms with Gasteiger partial charge in [0.2, 0.25) is 0 Å². The van der Waals surface area contributed by atoms with Gasteiger partial charge in [0, 0.05) is 6.04 Å². The summed E-state index contributed by atoms with van der Waals surface area (Å²) in [4.78, 5) is 35.7. The highest BCUT2D eigenvalue weighted by atomic mass is 16.5. The molecule has 156 valence electrons. The Morgan fingerprint density at radius 1 is 1.10 bits per heavy atom. The smallest absolute Gasteiger partial charge is 0.338 e. The van der Waals surface area contributed by atoms with E-state index in [9.17, 15) is 14.4 Å². The third-order valence-corrected chi connectivity index (χ3v) is 3.96.